The molecule has 2 rings (SSSR count). The van der Waals surface area contributed by atoms with Crippen LogP contribution >= 0.6 is 11.6 Å². The summed E-state index contributed by atoms with van der Waals surface area (Å²) >= 11 is 5.82. The van der Waals surface area contributed by atoms with Crippen molar-refractivity contribution in [1.29, 1.82) is 0 Å². The average molecular weight is 274 g/mol. The average Bonchev–Trinajstić information content (AvgIpc) is 2.74. The maximum atomic E-state index is 12.6. The molecule has 5 nitrogen and oxygen atoms in total. The van der Waals surface area contributed by atoms with Crippen LogP contribution in [0.15, 0.2) is 24.5 Å². The van der Waals surface area contributed by atoms with Crippen molar-refractivity contribution in [2.24, 2.45) is 0 Å². The molecule has 0 aliphatic rings. The van der Waals surface area contributed by atoms with Gasteiger partial charge in [-0.3, -0.25) is 0 Å². The van der Waals surface area contributed by atoms with E-state index in [4.69, 9.17) is 16.7 Å². The van der Waals surface area contributed by atoms with Crippen LogP contribution in [0.4, 0.5) is 8.78 Å². The topological polar surface area (TPSA) is 68.0 Å². The van der Waals surface area contributed by atoms with Gasteiger partial charge in [0.1, 0.15) is 11.3 Å². The summed E-state index contributed by atoms with van der Waals surface area (Å²) in [4.78, 5) is 14.7. The van der Waals surface area contributed by atoms with E-state index in [0.29, 0.717) is 0 Å². The summed E-state index contributed by atoms with van der Waals surface area (Å²) in [6.45, 7) is 0. The third-order valence-corrected chi connectivity index (χ3v) is 2.43. The van der Waals surface area contributed by atoms with Gasteiger partial charge in [-0.1, -0.05) is 11.6 Å². The molecule has 0 atom stereocenters. The monoisotopic (exact) mass is 273 g/mol. The molecule has 0 spiro atoms. The van der Waals surface area contributed by atoms with E-state index in [1.165, 1.54) is 12.3 Å². The van der Waals surface area contributed by atoms with E-state index in [0.717, 1.165) is 10.9 Å². The van der Waals surface area contributed by atoms with E-state index in [2.05, 4.69) is 10.1 Å². The van der Waals surface area contributed by atoms with Crippen LogP contribution in [0.25, 0.3) is 5.82 Å². The smallest absolute Gasteiger partial charge is 0.339 e. The van der Waals surface area contributed by atoms with Crippen molar-refractivity contribution in [1.82, 2.24) is 14.8 Å². The second kappa shape index (κ2) is 4.69. The summed E-state index contributed by atoms with van der Waals surface area (Å²) in [6, 6.07) is 3.05. The first-order valence-electron chi connectivity index (χ1n) is 4.72. The molecule has 0 aliphatic heterocycles. The Morgan fingerprint density at radius 2 is 2.22 bits per heavy atom. The number of carboxylic acid groups (broad SMARTS) is 1. The van der Waals surface area contributed by atoms with Gasteiger partial charge >= 0.3 is 5.97 Å². The number of carbonyl (C=O) groups is 1. The molecule has 0 aromatic carbocycles. The zero-order valence-corrected chi connectivity index (χ0v) is 9.47. The number of alkyl halides is 2. The first-order chi connectivity index (χ1) is 8.50. The molecule has 0 radical (unpaired) electrons. The van der Waals surface area contributed by atoms with Crippen LogP contribution in [-0.4, -0.2) is 25.8 Å². The summed E-state index contributed by atoms with van der Waals surface area (Å²) in [5.41, 5.74) is -1.39. The molecule has 0 fully saturated rings. The molecular formula is C10H6ClF2N3O2. The van der Waals surface area contributed by atoms with Gasteiger partial charge in [-0.15, -0.1) is 0 Å². The van der Waals surface area contributed by atoms with Crippen LogP contribution < -0.4 is 0 Å². The Hall–Kier alpha value is -2.02. The molecule has 94 valence electrons. The maximum Gasteiger partial charge on any atom is 0.339 e. The second-order valence-corrected chi connectivity index (χ2v) is 3.69. The standard InChI is InChI=1S/C10H6ClF2N3O2/c11-6-2-1-3-14-9(6)16-4-5(10(17)18)7(15-16)8(12)13/h1-4,8H,(H,17,18). The molecule has 18 heavy (non-hydrogen) atoms. The second-order valence-electron chi connectivity index (χ2n) is 3.29. The Labute approximate surface area is 105 Å². The van der Waals surface area contributed by atoms with Gasteiger partial charge in [0.25, 0.3) is 6.43 Å². The van der Waals surface area contributed by atoms with Gasteiger partial charge in [0.15, 0.2) is 5.82 Å². The van der Waals surface area contributed by atoms with Crippen molar-refractivity contribution < 1.29 is 18.7 Å². The molecule has 0 saturated heterocycles. The first kappa shape index (κ1) is 12.4. The minimum atomic E-state index is -2.99. The van der Waals surface area contributed by atoms with E-state index < -0.39 is 23.7 Å². The van der Waals surface area contributed by atoms with Gasteiger partial charge in [0.2, 0.25) is 0 Å². The van der Waals surface area contributed by atoms with Crippen LogP contribution in [0.5, 0.6) is 0 Å². The number of nitrogens with zero attached hydrogens (tertiary/aromatic N) is 3. The zero-order chi connectivity index (χ0) is 13.3. The van der Waals surface area contributed by atoms with E-state index in [1.54, 1.807) is 6.07 Å². The maximum absolute atomic E-state index is 12.6. The Bertz CT molecular complexity index is 601. The minimum Gasteiger partial charge on any atom is -0.478 e. The van der Waals surface area contributed by atoms with Crippen molar-refractivity contribution in [3.63, 3.8) is 0 Å². The van der Waals surface area contributed by atoms with Crippen LogP contribution in [-0.2, 0) is 0 Å². The molecule has 2 aromatic heterocycles. The molecule has 2 aromatic rings. The van der Waals surface area contributed by atoms with Crippen molar-refractivity contribution in [3.05, 3.63) is 40.8 Å². The van der Waals surface area contributed by atoms with E-state index in [9.17, 15) is 13.6 Å². The lowest BCUT2D eigenvalue weighted by atomic mass is 10.2. The fourth-order valence-corrected chi connectivity index (χ4v) is 1.58. The molecule has 0 aliphatic carbocycles. The minimum absolute atomic E-state index is 0.0913. The summed E-state index contributed by atoms with van der Waals surface area (Å²) in [7, 11) is 0. The summed E-state index contributed by atoms with van der Waals surface area (Å²) in [5, 5.41) is 12.5. The highest BCUT2D eigenvalue weighted by atomic mass is 35.5. The Morgan fingerprint density at radius 3 is 2.72 bits per heavy atom. The Kier molecular flexibility index (Phi) is 3.24. The van der Waals surface area contributed by atoms with Crippen LogP contribution in [0.2, 0.25) is 5.02 Å². The molecule has 0 unspecified atom stereocenters. The number of hydrogen-bond donors (Lipinski definition) is 1. The summed E-state index contributed by atoms with van der Waals surface area (Å²) < 4.78 is 26.2. The normalized spacial score (nSPS) is 10.9. The predicted molar refractivity (Wildman–Crippen MR) is 58.3 cm³/mol. The number of hydrogen-bond acceptors (Lipinski definition) is 3. The molecular weight excluding hydrogens is 268 g/mol. The summed E-state index contributed by atoms with van der Waals surface area (Å²) in [6.07, 6.45) is -0.636. The highest BCUT2D eigenvalue weighted by molar-refractivity contribution is 6.32. The van der Waals surface area contributed by atoms with Crippen LogP contribution in [0.3, 0.4) is 0 Å². The molecule has 0 bridgehead atoms. The van der Waals surface area contributed by atoms with E-state index in [-0.39, 0.29) is 10.8 Å². The first-order valence-corrected chi connectivity index (χ1v) is 5.10. The van der Waals surface area contributed by atoms with E-state index >= 15 is 0 Å². The van der Waals surface area contributed by atoms with Crippen molar-refractivity contribution in [2.75, 3.05) is 0 Å². The lowest BCUT2D eigenvalue weighted by molar-refractivity contribution is 0.0684. The van der Waals surface area contributed by atoms with Crippen LogP contribution in [0, 0.1) is 0 Å². The molecule has 8 heteroatoms. The lowest BCUT2D eigenvalue weighted by Gasteiger charge is -2.01. The number of pyridine rings is 1. The third-order valence-electron chi connectivity index (χ3n) is 2.14. The predicted octanol–water partition coefficient (Wildman–Crippen LogP) is 2.56. The molecule has 0 saturated carbocycles. The highest BCUT2D eigenvalue weighted by Crippen LogP contribution is 2.24. The zero-order valence-electron chi connectivity index (χ0n) is 8.72. The van der Waals surface area contributed by atoms with Gasteiger partial charge in [0, 0.05) is 12.4 Å². The largest absolute Gasteiger partial charge is 0.478 e. The number of aromatic carboxylic acids is 1. The lowest BCUT2D eigenvalue weighted by Crippen LogP contribution is -2.00. The Balaban J connectivity index is 2.57. The van der Waals surface area contributed by atoms with Gasteiger partial charge in [-0.25, -0.2) is 23.2 Å². The molecule has 0 amide bonds. The SMILES string of the molecule is O=C(O)c1cn(-c2ncccc2Cl)nc1C(F)F. The van der Waals surface area contributed by atoms with Crippen LogP contribution in [0.1, 0.15) is 22.5 Å². The third kappa shape index (κ3) is 2.17. The fraction of sp³-hybridized carbons (Fsp3) is 0.100. The number of rotatable bonds is 3. The van der Waals surface area contributed by atoms with Crippen molar-refractivity contribution >= 4 is 17.6 Å². The van der Waals surface area contributed by atoms with Crippen molar-refractivity contribution in [2.45, 2.75) is 6.43 Å². The van der Waals surface area contributed by atoms with Gasteiger partial charge in [0.05, 0.1) is 5.02 Å². The number of halogens is 3. The highest BCUT2D eigenvalue weighted by Gasteiger charge is 2.24. The quantitative estimate of drug-likeness (QED) is 0.933. The van der Waals surface area contributed by atoms with E-state index in [1.807, 2.05) is 0 Å². The number of aromatic nitrogens is 3. The Morgan fingerprint density at radius 1 is 1.50 bits per heavy atom. The molecule has 2 heterocycles. The van der Waals surface area contributed by atoms with Gasteiger partial charge in [-0.2, -0.15) is 5.10 Å². The fourth-order valence-electron chi connectivity index (χ4n) is 1.37. The van der Waals surface area contributed by atoms with Gasteiger partial charge in [-0.05, 0) is 12.1 Å². The molecule has 1 N–H and O–H groups in total. The number of carboxylic acids is 1. The van der Waals surface area contributed by atoms with Gasteiger partial charge < -0.3 is 5.11 Å². The van der Waals surface area contributed by atoms with Crippen molar-refractivity contribution in [3.8, 4) is 5.82 Å². The summed E-state index contributed by atoms with van der Waals surface area (Å²) in [5.74, 6) is -1.39.